The summed E-state index contributed by atoms with van der Waals surface area (Å²) in [5.74, 6) is -1.17. The van der Waals surface area contributed by atoms with E-state index in [0.717, 1.165) is 17.4 Å². The molecule has 1 aromatic heterocycles. The van der Waals surface area contributed by atoms with E-state index in [1.165, 1.54) is 4.90 Å². The second-order valence-electron chi connectivity index (χ2n) is 6.31. The average molecular weight is 348 g/mol. The number of carbonyl (C=O) groups is 1. The first-order chi connectivity index (χ1) is 11.2. The molecule has 9 heteroatoms. The smallest absolute Gasteiger partial charge is 0.389 e. The fourth-order valence-corrected chi connectivity index (χ4v) is 3.21. The number of hydrogen-bond acceptors (Lipinski definition) is 4. The second kappa shape index (κ2) is 7.08. The Balaban J connectivity index is 2.07. The lowest BCUT2D eigenvalue weighted by Gasteiger charge is -2.32. The number of halogens is 3. The van der Waals surface area contributed by atoms with Crippen molar-refractivity contribution in [3.8, 4) is 0 Å². The number of rotatable bonds is 6. The molecule has 0 bridgehead atoms. The van der Waals surface area contributed by atoms with Crippen molar-refractivity contribution in [1.82, 2.24) is 19.7 Å². The number of hydrogen-bond donors (Lipinski definition) is 1. The predicted molar refractivity (Wildman–Crippen MR) is 79.8 cm³/mol. The summed E-state index contributed by atoms with van der Waals surface area (Å²) in [7, 11) is 0. The molecule has 0 aromatic carbocycles. The average Bonchev–Trinajstić information content (AvgIpc) is 2.90. The summed E-state index contributed by atoms with van der Waals surface area (Å²) >= 11 is 0. The van der Waals surface area contributed by atoms with Gasteiger partial charge in [-0.3, -0.25) is 4.79 Å². The Labute approximate surface area is 138 Å². The molecule has 24 heavy (non-hydrogen) atoms. The maximum Gasteiger partial charge on any atom is 0.451 e. The van der Waals surface area contributed by atoms with Crippen molar-refractivity contribution in [1.29, 1.82) is 0 Å². The third-order valence-electron chi connectivity index (χ3n) is 4.27. The summed E-state index contributed by atoms with van der Waals surface area (Å²) in [6.07, 6.45) is -2.02. The second-order valence-corrected chi connectivity index (χ2v) is 6.31. The van der Waals surface area contributed by atoms with Gasteiger partial charge in [0, 0.05) is 13.1 Å². The monoisotopic (exact) mass is 348 g/mol. The van der Waals surface area contributed by atoms with E-state index in [9.17, 15) is 23.1 Å². The number of alkyl halides is 3. The summed E-state index contributed by atoms with van der Waals surface area (Å²) < 4.78 is 39.5. The Hall–Kier alpha value is -1.64. The zero-order chi connectivity index (χ0) is 18.0. The van der Waals surface area contributed by atoms with Crippen molar-refractivity contribution in [2.75, 3.05) is 6.54 Å². The third kappa shape index (κ3) is 4.06. The van der Waals surface area contributed by atoms with Crippen LogP contribution in [0.5, 0.6) is 0 Å². The first-order valence-corrected chi connectivity index (χ1v) is 8.19. The van der Waals surface area contributed by atoms with E-state index >= 15 is 0 Å². The number of amides is 1. The Kier molecular flexibility index (Phi) is 5.52. The molecule has 0 spiro atoms. The molecule has 0 saturated heterocycles. The number of nitrogens with zero attached hydrogens (tertiary/aromatic N) is 4. The minimum atomic E-state index is -4.56. The van der Waals surface area contributed by atoms with Gasteiger partial charge in [0.25, 0.3) is 0 Å². The quantitative estimate of drug-likeness (QED) is 0.857. The molecule has 0 saturated carbocycles. The maximum atomic E-state index is 12.8. The lowest BCUT2D eigenvalue weighted by molar-refractivity contribution is -0.148. The van der Waals surface area contributed by atoms with Gasteiger partial charge in [-0.1, -0.05) is 26.7 Å². The molecule has 0 unspecified atom stereocenters. The van der Waals surface area contributed by atoms with Crippen LogP contribution >= 0.6 is 0 Å². The van der Waals surface area contributed by atoms with Crippen LogP contribution in [-0.2, 0) is 24.1 Å². The summed E-state index contributed by atoms with van der Waals surface area (Å²) in [5.41, 5.74) is -1.05. The highest BCUT2D eigenvalue weighted by Gasteiger charge is 2.40. The van der Waals surface area contributed by atoms with Crippen LogP contribution in [0, 0.1) is 0 Å². The molecular formula is C15H23F3N4O2. The van der Waals surface area contributed by atoms with E-state index in [0.29, 0.717) is 12.8 Å². The third-order valence-corrected chi connectivity index (χ3v) is 4.27. The molecule has 0 aliphatic carbocycles. The Morgan fingerprint density at radius 3 is 2.33 bits per heavy atom. The number of carbonyl (C=O) groups excluding carboxylic acids is 1. The molecule has 136 valence electrons. The normalized spacial score (nSPS) is 15.5. The van der Waals surface area contributed by atoms with Crippen LogP contribution in [0.2, 0.25) is 0 Å². The molecule has 1 aromatic rings. The summed E-state index contributed by atoms with van der Waals surface area (Å²) in [4.78, 5) is 13.9. The van der Waals surface area contributed by atoms with Crippen LogP contribution in [0.3, 0.4) is 0 Å². The van der Waals surface area contributed by atoms with Crippen LogP contribution < -0.4 is 0 Å². The van der Waals surface area contributed by atoms with E-state index in [-0.39, 0.29) is 37.8 Å². The molecule has 2 heterocycles. The van der Waals surface area contributed by atoms with Crippen LogP contribution in [0.15, 0.2) is 0 Å². The number of aromatic nitrogens is 3. The molecule has 1 N–H and O–H groups in total. The molecule has 1 amide bonds. The Morgan fingerprint density at radius 1 is 1.17 bits per heavy atom. The zero-order valence-electron chi connectivity index (χ0n) is 13.9. The minimum Gasteiger partial charge on any atom is -0.389 e. The van der Waals surface area contributed by atoms with E-state index < -0.39 is 17.6 Å². The summed E-state index contributed by atoms with van der Waals surface area (Å²) in [6.45, 7) is 4.01. The lowest BCUT2D eigenvalue weighted by atomic mass is 9.88. The number of aliphatic hydroxyl groups is 1. The van der Waals surface area contributed by atoms with Gasteiger partial charge in [0.1, 0.15) is 0 Å². The molecule has 0 fully saturated rings. The summed E-state index contributed by atoms with van der Waals surface area (Å²) in [6, 6.07) is 0. The maximum absolute atomic E-state index is 12.8. The van der Waals surface area contributed by atoms with Gasteiger partial charge in [-0.25, -0.2) is 0 Å². The molecule has 0 radical (unpaired) electrons. The fourth-order valence-electron chi connectivity index (χ4n) is 3.21. The molecule has 0 atom stereocenters. The van der Waals surface area contributed by atoms with Gasteiger partial charge < -0.3 is 14.6 Å². The van der Waals surface area contributed by atoms with Crippen LogP contribution in [0.4, 0.5) is 13.2 Å². The van der Waals surface area contributed by atoms with E-state index in [4.69, 9.17) is 0 Å². The van der Waals surface area contributed by atoms with Crippen molar-refractivity contribution in [3.63, 3.8) is 0 Å². The van der Waals surface area contributed by atoms with Gasteiger partial charge in [-0.15, -0.1) is 10.2 Å². The van der Waals surface area contributed by atoms with Crippen LogP contribution in [0.1, 0.15) is 57.6 Å². The lowest BCUT2D eigenvalue weighted by Crippen LogP contribution is -2.43. The van der Waals surface area contributed by atoms with Gasteiger partial charge in [0.05, 0.1) is 18.6 Å². The van der Waals surface area contributed by atoms with Gasteiger partial charge in [0.15, 0.2) is 5.82 Å². The van der Waals surface area contributed by atoms with Crippen molar-refractivity contribution < 1.29 is 23.1 Å². The Bertz CT molecular complexity index is 580. The molecule has 1 aliphatic heterocycles. The van der Waals surface area contributed by atoms with Gasteiger partial charge in [-0.2, -0.15) is 13.2 Å². The Morgan fingerprint density at radius 2 is 1.79 bits per heavy atom. The van der Waals surface area contributed by atoms with Crippen LogP contribution in [-0.4, -0.2) is 42.8 Å². The van der Waals surface area contributed by atoms with Gasteiger partial charge in [-0.05, 0) is 12.8 Å². The number of fused-ring (bicyclic) bond motifs is 1. The largest absolute Gasteiger partial charge is 0.451 e. The van der Waals surface area contributed by atoms with Crippen molar-refractivity contribution in [3.05, 3.63) is 11.6 Å². The molecule has 1 aliphatic rings. The highest BCUT2D eigenvalue weighted by molar-refractivity contribution is 5.77. The predicted octanol–water partition coefficient (Wildman–Crippen LogP) is 2.36. The first kappa shape index (κ1) is 18.7. The first-order valence-electron chi connectivity index (χ1n) is 8.19. The summed E-state index contributed by atoms with van der Waals surface area (Å²) in [5, 5.41) is 17.3. The highest BCUT2D eigenvalue weighted by atomic mass is 19.4. The molecule has 2 rings (SSSR count). The van der Waals surface area contributed by atoms with E-state index in [2.05, 4.69) is 10.2 Å². The fraction of sp³-hybridized carbons (Fsp3) is 0.800. The van der Waals surface area contributed by atoms with Crippen molar-refractivity contribution in [2.24, 2.45) is 0 Å². The van der Waals surface area contributed by atoms with E-state index in [1.54, 1.807) is 0 Å². The molecular weight excluding hydrogens is 325 g/mol. The van der Waals surface area contributed by atoms with E-state index in [1.807, 2.05) is 13.8 Å². The minimum absolute atomic E-state index is 0.00288. The molecule has 6 nitrogen and oxygen atoms in total. The SMILES string of the molecule is CCCC(O)(CCC)CC(=O)N1CCn2c(nnc2C(F)(F)F)C1. The highest BCUT2D eigenvalue weighted by Crippen LogP contribution is 2.30. The van der Waals surface area contributed by atoms with Gasteiger partial charge >= 0.3 is 6.18 Å². The zero-order valence-corrected chi connectivity index (χ0v) is 13.9. The van der Waals surface area contributed by atoms with Crippen molar-refractivity contribution >= 4 is 5.91 Å². The van der Waals surface area contributed by atoms with Crippen molar-refractivity contribution in [2.45, 2.75) is 70.8 Å². The van der Waals surface area contributed by atoms with Gasteiger partial charge in [0.2, 0.25) is 11.7 Å². The standard InChI is InChI=1S/C15H23F3N4O2/c1-3-5-14(24,6-4-2)9-12(23)21-7-8-22-11(10-21)19-20-13(22)15(16,17)18/h24H,3-10H2,1-2H3. The topological polar surface area (TPSA) is 71.2 Å². The van der Waals surface area contributed by atoms with Crippen LogP contribution in [0.25, 0.3) is 0 Å².